The Labute approximate surface area is 91.2 Å². The number of aromatic nitrogens is 1. The summed E-state index contributed by atoms with van der Waals surface area (Å²) >= 11 is 0. The molecule has 1 heterocycles. The SMILES string of the molecule is Cc1ccc(-c2ccc(O)cn2)c(F)c1F. The number of hydrogen-bond donors (Lipinski definition) is 1. The Morgan fingerprint density at radius 1 is 1.06 bits per heavy atom. The Balaban J connectivity index is 2.57. The van der Waals surface area contributed by atoms with Crippen molar-refractivity contribution in [3.8, 4) is 17.0 Å². The number of aromatic hydroxyl groups is 1. The molecule has 16 heavy (non-hydrogen) atoms. The normalized spacial score (nSPS) is 10.4. The molecule has 82 valence electrons. The molecule has 0 atom stereocenters. The van der Waals surface area contributed by atoms with Crippen LogP contribution in [0.25, 0.3) is 11.3 Å². The van der Waals surface area contributed by atoms with Gasteiger partial charge in [-0.2, -0.15) is 0 Å². The zero-order valence-corrected chi connectivity index (χ0v) is 8.54. The van der Waals surface area contributed by atoms with Gasteiger partial charge in [-0.25, -0.2) is 8.78 Å². The molecular weight excluding hydrogens is 212 g/mol. The molecule has 1 aromatic heterocycles. The van der Waals surface area contributed by atoms with Crippen LogP contribution in [0.1, 0.15) is 5.56 Å². The molecule has 0 radical (unpaired) electrons. The Morgan fingerprint density at radius 3 is 2.44 bits per heavy atom. The maximum Gasteiger partial charge on any atom is 0.168 e. The van der Waals surface area contributed by atoms with Gasteiger partial charge >= 0.3 is 0 Å². The number of aryl methyl sites for hydroxylation is 1. The minimum absolute atomic E-state index is 0.0169. The second kappa shape index (κ2) is 3.89. The number of rotatable bonds is 1. The highest BCUT2D eigenvalue weighted by molar-refractivity contribution is 5.60. The van der Waals surface area contributed by atoms with E-state index in [0.29, 0.717) is 0 Å². The molecule has 0 saturated carbocycles. The van der Waals surface area contributed by atoms with Crippen LogP contribution in [0.2, 0.25) is 0 Å². The maximum atomic E-state index is 13.6. The Kier molecular flexibility index (Phi) is 2.56. The smallest absolute Gasteiger partial charge is 0.168 e. The van der Waals surface area contributed by atoms with E-state index in [0.717, 1.165) is 0 Å². The largest absolute Gasteiger partial charge is 0.506 e. The van der Waals surface area contributed by atoms with Crippen molar-refractivity contribution in [2.75, 3.05) is 0 Å². The second-order valence-corrected chi connectivity index (χ2v) is 3.46. The summed E-state index contributed by atoms with van der Waals surface area (Å²) in [4.78, 5) is 3.82. The van der Waals surface area contributed by atoms with Crippen LogP contribution in [-0.2, 0) is 0 Å². The summed E-state index contributed by atoms with van der Waals surface area (Å²) < 4.78 is 26.9. The Hall–Kier alpha value is -1.97. The summed E-state index contributed by atoms with van der Waals surface area (Å²) in [6.45, 7) is 1.49. The number of pyridine rings is 1. The Morgan fingerprint density at radius 2 is 1.81 bits per heavy atom. The van der Waals surface area contributed by atoms with Gasteiger partial charge in [0.15, 0.2) is 11.6 Å². The van der Waals surface area contributed by atoms with E-state index in [1.54, 1.807) is 0 Å². The third kappa shape index (κ3) is 1.74. The van der Waals surface area contributed by atoms with Crippen LogP contribution in [0.5, 0.6) is 5.75 Å². The highest BCUT2D eigenvalue weighted by Crippen LogP contribution is 2.25. The average Bonchev–Trinajstić information content (AvgIpc) is 2.28. The summed E-state index contributed by atoms with van der Waals surface area (Å²) in [5.74, 6) is -1.80. The lowest BCUT2D eigenvalue weighted by atomic mass is 10.1. The van der Waals surface area contributed by atoms with Crippen LogP contribution >= 0.6 is 0 Å². The molecule has 0 saturated heterocycles. The van der Waals surface area contributed by atoms with E-state index in [1.165, 1.54) is 37.4 Å². The predicted octanol–water partition coefficient (Wildman–Crippen LogP) is 3.04. The molecule has 1 N–H and O–H groups in total. The van der Waals surface area contributed by atoms with Crippen molar-refractivity contribution in [2.45, 2.75) is 6.92 Å². The quantitative estimate of drug-likeness (QED) is 0.802. The van der Waals surface area contributed by atoms with E-state index in [-0.39, 0.29) is 22.6 Å². The standard InChI is InChI=1S/C12H9F2NO/c1-7-2-4-9(12(14)11(7)13)10-5-3-8(16)6-15-10/h2-6,16H,1H3. The number of benzene rings is 1. The summed E-state index contributed by atoms with van der Waals surface area (Å²) in [6.07, 6.45) is 1.19. The second-order valence-electron chi connectivity index (χ2n) is 3.46. The van der Waals surface area contributed by atoms with Gasteiger partial charge in [0.1, 0.15) is 5.75 Å². The van der Waals surface area contributed by atoms with Crippen molar-refractivity contribution in [1.82, 2.24) is 4.98 Å². The van der Waals surface area contributed by atoms with Crippen molar-refractivity contribution >= 4 is 0 Å². The van der Waals surface area contributed by atoms with E-state index in [4.69, 9.17) is 5.11 Å². The van der Waals surface area contributed by atoms with E-state index in [1.807, 2.05) is 0 Å². The third-order valence-corrected chi connectivity index (χ3v) is 2.30. The number of halogens is 2. The highest BCUT2D eigenvalue weighted by Gasteiger charge is 2.13. The summed E-state index contributed by atoms with van der Waals surface area (Å²) in [5.41, 5.74) is 0.623. The summed E-state index contributed by atoms with van der Waals surface area (Å²) in [6, 6.07) is 5.76. The first kappa shape index (κ1) is 10.5. The zero-order valence-electron chi connectivity index (χ0n) is 8.54. The van der Waals surface area contributed by atoms with Gasteiger partial charge in [0.25, 0.3) is 0 Å². The van der Waals surface area contributed by atoms with E-state index in [2.05, 4.69) is 4.98 Å². The lowest BCUT2D eigenvalue weighted by molar-refractivity contribution is 0.472. The fraction of sp³-hybridized carbons (Fsp3) is 0.0833. The van der Waals surface area contributed by atoms with Gasteiger partial charge < -0.3 is 5.11 Å². The molecular formula is C12H9F2NO. The fourth-order valence-corrected chi connectivity index (χ4v) is 1.39. The highest BCUT2D eigenvalue weighted by atomic mass is 19.2. The molecule has 0 fully saturated rings. The molecule has 0 aliphatic carbocycles. The molecule has 0 spiro atoms. The molecule has 1 aromatic carbocycles. The monoisotopic (exact) mass is 221 g/mol. The predicted molar refractivity (Wildman–Crippen MR) is 56.0 cm³/mol. The molecule has 0 unspecified atom stereocenters. The minimum atomic E-state index is -0.918. The van der Waals surface area contributed by atoms with Crippen LogP contribution in [-0.4, -0.2) is 10.1 Å². The van der Waals surface area contributed by atoms with Crippen molar-refractivity contribution in [2.24, 2.45) is 0 Å². The van der Waals surface area contributed by atoms with Crippen molar-refractivity contribution in [1.29, 1.82) is 0 Å². The molecule has 4 heteroatoms. The molecule has 0 amide bonds. The van der Waals surface area contributed by atoms with Crippen LogP contribution in [0.15, 0.2) is 30.5 Å². The molecule has 0 aliphatic rings. The van der Waals surface area contributed by atoms with Gasteiger partial charge in [0.2, 0.25) is 0 Å². The van der Waals surface area contributed by atoms with Crippen LogP contribution < -0.4 is 0 Å². The molecule has 0 aliphatic heterocycles. The van der Waals surface area contributed by atoms with E-state index in [9.17, 15) is 8.78 Å². The van der Waals surface area contributed by atoms with Crippen molar-refractivity contribution < 1.29 is 13.9 Å². The minimum Gasteiger partial charge on any atom is -0.506 e. The molecule has 2 nitrogen and oxygen atoms in total. The van der Waals surface area contributed by atoms with E-state index >= 15 is 0 Å². The molecule has 2 aromatic rings. The summed E-state index contributed by atoms with van der Waals surface area (Å²) in [5, 5.41) is 9.04. The van der Waals surface area contributed by atoms with Gasteiger partial charge in [0.05, 0.1) is 11.9 Å². The first-order chi connectivity index (χ1) is 7.59. The first-order valence-electron chi connectivity index (χ1n) is 4.69. The van der Waals surface area contributed by atoms with E-state index < -0.39 is 11.6 Å². The zero-order chi connectivity index (χ0) is 11.7. The lowest BCUT2D eigenvalue weighted by Crippen LogP contribution is -1.94. The van der Waals surface area contributed by atoms with Gasteiger partial charge in [0, 0.05) is 5.56 Å². The molecule has 0 bridgehead atoms. The average molecular weight is 221 g/mol. The first-order valence-corrected chi connectivity index (χ1v) is 4.69. The number of hydrogen-bond acceptors (Lipinski definition) is 2. The van der Waals surface area contributed by atoms with Crippen molar-refractivity contribution in [3.05, 3.63) is 47.7 Å². The Bertz CT molecular complexity index is 523. The topological polar surface area (TPSA) is 33.1 Å². The summed E-state index contributed by atoms with van der Waals surface area (Å²) in [7, 11) is 0. The van der Waals surface area contributed by atoms with Gasteiger partial charge in [-0.1, -0.05) is 6.07 Å². The van der Waals surface area contributed by atoms with Gasteiger partial charge in [-0.15, -0.1) is 0 Å². The fourth-order valence-electron chi connectivity index (χ4n) is 1.39. The van der Waals surface area contributed by atoms with Crippen LogP contribution in [0, 0.1) is 18.6 Å². The molecule has 2 rings (SSSR count). The number of nitrogens with zero attached hydrogens (tertiary/aromatic N) is 1. The van der Waals surface area contributed by atoms with Crippen molar-refractivity contribution in [3.63, 3.8) is 0 Å². The van der Waals surface area contributed by atoms with Crippen LogP contribution in [0.3, 0.4) is 0 Å². The maximum absolute atomic E-state index is 13.6. The van der Waals surface area contributed by atoms with Crippen LogP contribution in [0.4, 0.5) is 8.78 Å². The van der Waals surface area contributed by atoms with Gasteiger partial charge in [-0.3, -0.25) is 4.98 Å². The van der Waals surface area contributed by atoms with Gasteiger partial charge in [-0.05, 0) is 30.7 Å². The third-order valence-electron chi connectivity index (χ3n) is 2.30. The lowest BCUT2D eigenvalue weighted by Gasteiger charge is -2.05.